The maximum absolute atomic E-state index is 13.1. The van der Waals surface area contributed by atoms with Gasteiger partial charge in [-0.15, -0.1) is 11.3 Å². The highest BCUT2D eigenvalue weighted by Crippen LogP contribution is 2.36. The van der Waals surface area contributed by atoms with E-state index in [4.69, 9.17) is 23.2 Å². The number of halogens is 5. The lowest BCUT2D eigenvalue weighted by Gasteiger charge is -2.15. The minimum Gasteiger partial charge on any atom is -0.276 e. The predicted molar refractivity (Wildman–Crippen MR) is 112 cm³/mol. The number of sulfonamides is 2. The van der Waals surface area contributed by atoms with E-state index in [1.807, 2.05) is 4.72 Å². The zero-order valence-corrected chi connectivity index (χ0v) is 18.8. The van der Waals surface area contributed by atoms with Crippen molar-refractivity contribution < 1.29 is 30.0 Å². The van der Waals surface area contributed by atoms with E-state index in [9.17, 15) is 30.0 Å². The number of rotatable bonds is 6. The number of benzene rings is 1. The number of pyridine rings is 1. The van der Waals surface area contributed by atoms with Gasteiger partial charge in [-0.2, -0.15) is 13.2 Å². The fraction of sp³-hybridized carbons (Fsp3) is 0.0625. The van der Waals surface area contributed by atoms with Gasteiger partial charge in [0.1, 0.15) is 4.21 Å². The van der Waals surface area contributed by atoms with Crippen molar-refractivity contribution in [2.45, 2.75) is 15.3 Å². The molecule has 0 amide bonds. The summed E-state index contributed by atoms with van der Waals surface area (Å²) >= 11 is 12.3. The van der Waals surface area contributed by atoms with Gasteiger partial charge in [-0.1, -0.05) is 29.3 Å². The maximum Gasteiger partial charge on any atom is 0.417 e. The molecule has 15 heteroatoms. The summed E-state index contributed by atoms with van der Waals surface area (Å²) in [5, 5.41) is 0.788. The van der Waals surface area contributed by atoms with Crippen molar-refractivity contribution in [1.82, 2.24) is 4.98 Å². The Labute approximate surface area is 188 Å². The first-order chi connectivity index (χ1) is 14.3. The summed E-state index contributed by atoms with van der Waals surface area (Å²) in [6.45, 7) is 0. The summed E-state index contributed by atoms with van der Waals surface area (Å²) in [6, 6.07) is 5.89. The summed E-state index contributed by atoms with van der Waals surface area (Å²) in [5.74, 6) is -0.425. The first kappa shape index (κ1) is 23.6. The third kappa shape index (κ3) is 5.41. The van der Waals surface area contributed by atoms with Crippen molar-refractivity contribution in [2.24, 2.45) is 0 Å². The van der Waals surface area contributed by atoms with Crippen LogP contribution in [0.5, 0.6) is 0 Å². The number of hydrogen-bond acceptors (Lipinski definition) is 6. The molecule has 0 bridgehead atoms. The number of hydrogen-bond donors (Lipinski definition) is 2. The van der Waals surface area contributed by atoms with Crippen molar-refractivity contribution in [3.05, 3.63) is 63.6 Å². The van der Waals surface area contributed by atoms with Crippen LogP contribution in [0.25, 0.3) is 0 Å². The van der Waals surface area contributed by atoms with E-state index in [0.717, 1.165) is 35.7 Å². The number of alkyl halides is 3. The Kier molecular flexibility index (Phi) is 6.45. The van der Waals surface area contributed by atoms with Gasteiger partial charge in [-0.25, -0.2) is 21.8 Å². The van der Waals surface area contributed by atoms with Crippen LogP contribution in [0.3, 0.4) is 0 Å². The van der Waals surface area contributed by atoms with Gasteiger partial charge in [0.05, 0.1) is 26.2 Å². The Morgan fingerprint density at radius 3 is 2.29 bits per heavy atom. The van der Waals surface area contributed by atoms with E-state index in [2.05, 4.69) is 9.71 Å². The third-order valence-corrected chi connectivity index (χ3v) is 8.28. The van der Waals surface area contributed by atoms with Crippen molar-refractivity contribution in [3.8, 4) is 0 Å². The molecule has 0 unspecified atom stereocenters. The van der Waals surface area contributed by atoms with Gasteiger partial charge in [0.25, 0.3) is 20.0 Å². The molecular formula is C16H10Cl2F3N3O4S3. The highest BCUT2D eigenvalue weighted by molar-refractivity contribution is 7.94. The molecule has 0 atom stereocenters. The van der Waals surface area contributed by atoms with E-state index >= 15 is 0 Å². The molecule has 3 rings (SSSR count). The van der Waals surface area contributed by atoms with Gasteiger partial charge >= 0.3 is 6.18 Å². The molecule has 0 saturated carbocycles. The largest absolute Gasteiger partial charge is 0.417 e. The highest BCUT2D eigenvalue weighted by Gasteiger charge is 2.34. The second-order valence-electron chi connectivity index (χ2n) is 5.83. The van der Waals surface area contributed by atoms with Crippen LogP contribution >= 0.6 is 34.5 Å². The van der Waals surface area contributed by atoms with Gasteiger partial charge in [-0.05, 0) is 35.7 Å². The summed E-state index contributed by atoms with van der Waals surface area (Å²) in [4.78, 5) is 3.02. The molecule has 2 heterocycles. The minimum atomic E-state index is -4.89. The van der Waals surface area contributed by atoms with Gasteiger partial charge < -0.3 is 0 Å². The van der Waals surface area contributed by atoms with Gasteiger partial charge in [0, 0.05) is 6.20 Å². The molecule has 0 spiro atoms. The quantitative estimate of drug-likeness (QED) is 0.461. The van der Waals surface area contributed by atoms with Crippen LogP contribution in [-0.4, -0.2) is 21.8 Å². The smallest absolute Gasteiger partial charge is 0.276 e. The highest BCUT2D eigenvalue weighted by atomic mass is 35.5. The van der Waals surface area contributed by atoms with Crippen molar-refractivity contribution in [3.63, 3.8) is 0 Å². The van der Waals surface area contributed by atoms with Gasteiger partial charge in [0.2, 0.25) is 0 Å². The normalized spacial score (nSPS) is 12.5. The van der Waals surface area contributed by atoms with Gasteiger partial charge in [-0.3, -0.25) is 9.44 Å². The molecule has 7 nitrogen and oxygen atoms in total. The monoisotopic (exact) mass is 531 g/mol. The Morgan fingerprint density at radius 2 is 1.68 bits per heavy atom. The lowest BCUT2D eigenvalue weighted by molar-refractivity contribution is -0.137. The van der Waals surface area contributed by atoms with Crippen LogP contribution < -0.4 is 9.44 Å². The van der Waals surface area contributed by atoms with Crippen LogP contribution in [0.1, 0.15) is 5.56 Å². The molecule has 2 aromatic heterocycles. The molecule has 166 valence electrons. The first-order valence-corrected chi connectivity index (χ1v) is 12.5. The second-order valence-corrected chi connectivity index (χ2v) is 11.2. The predicted octanol–water partition coefficient (Wildman–Crippen LogP) is 5.07. The van der Waals surface area contributed by atoms with Crippen LogP contribution in [-0.2, 0) is 26.2 Å². The molecule has 31 heavy (non-hydrogen) atoms. The molecule has 0 aliphatic carbocycles. The van der Waals surface area contributed by atoms with E-state index in [0.29, 0.717) is 6.07 Å². The number of thiophene rings is 1. The summed E-state index contributed by atoms with van der Waals surface area (Å²) in [5.41, 5.74) is -1.74. The van der Waals surface area contributed by atoms with Crippen molar-refractivity contribution >= 4 is 66.1 Å². The maximum atomic E-state index is 13.1. The van der Waals surface area contributed by atoms with Crippen LogP contribution in [0, 0.1) is 0 Å². The Hall–Kier alpha value is -2.06. The Bertz CT molecular complexity index is 1330. The van der Waals surface area contributed by atoms with E-state index in [1.165, 1.54) is 17.5 Å². The fourth-order valence-electron chi connectivity index (χ4n) is 2.28. The molecule has 0 aliphatic heterocycles. The summed E-state index contributed by atoms with van der Waals surface area (Å²) in [6.07, 6.45) is -3.82. The van der Waals surface area contributed by atoms with E-state index < -0.39 is 53.2 Å². The molecule has 0 radical (unpaired) electrons. The lowest BCUT2D eigenvalue weighted by Crippen LogP contribution is -2.18. The average Bonchev–Trinajstić information content (AvgIpc) is 3.18. The average molecular weight is 532 g/mol. The number of anilines is 2. The second kappa shape index (κ2) is 8.47. The number of aromatic nitrogens is 1. The van der Waals surface area contributed by atoms with Gasteiger partial charge in [0.15, 0.2) is 5.82 Å². The zero-order chi connectivity index (χ0) is 23.0. The summed E-state index contributed by atoms with van der Waals surface area (Å²) < 4.78 is 93.5. The summed E-state index contributed by atoms with van der Waals surface area (Å²) in [7, 11) is -8.70. The van der Waals surface area contributed by atoms with E-state index in [-0.39, 0.29) is 9.23 Å². The van der Waals surface area contributed by atoms with Crippen molar-refractivity contribution in [1.29, 1.82) is 0 Å². The topological polar surface area (TPSA) is 105 Å². The Balaban J connectivity index is 2.00. The lowest BCUT2D eigenvalue weighted by atomic mass is 10.2. The van der Waals surface area contributed by atoms with Crippen LogP contribution in [0.2, 0.25) is 10.0 Å². The van der Waals surface area contributed by atoms with Crippen molar-refractivity contribution in [2.75, 3.05) is 9.44 Å². The fourth-order valence-corrected chi connectivity index (χ4v) is 5.77. The minimum absolute atomic E-state index is 0.0520. The molecule has 0 aliphatic rings. The Morgan fingerprint density at radius 1 is 0.968 bits per heavy atom. The van der Waals surface area contributed by atoms with Crippen LogP contribution in [0.15, 0.2) is 57.1 Å². The zero-order valence-electron chi connectivity index (χ0n) is 14.8. The first-order valence-electron chi connectivity index (χ1n) is 7.91. The van der Waals surface area contributed by atoms with Crippen LogP contribution in [0.4, 0.5) is 24.7 Å². The SMILES string of the molecule is O=S(=O)(Nc1cc(Cl)cnc1NS(=O)(=O)c1cccs1)c1ccc(Cl)c(C(F)(F)F)c1. The molecular weight excluding hydrogens is 522 g/mol. The molecule has 2 N–H and O–H groups in total. The number of nitrogens with zero attached hydrogens (tertiary/aromatic N) is 1. The third-order valence-electron chi connectivity index (χ3n) is 3.64. The molecule has 0 saturated heterocycles. The molecule has 1 aromatic carbocycles. The van der Waals surface area contributed by atoms with E-state index in [1.54, 1.807) is 0 Å². The number of nitrogens with one attached hydrogen (secondary N) is 2. The standard InChI is InChI=1S/C16H10Cl2F3N3O4S3/c17-9-6-13(15(22-8-9)24-31(27,28)14-2-1-5-29-14)23-30(25,26)10-3-4-12(18)11(7-10)16(19,20)21/h1-8,23H,(H,22,24). The molecule has 0 fully saturated rings. The molecule has 3 aromatic rings.